The van der Waals surface area contributed by atoms with Crippen molar-refractivity contribution in [3.8, 4) is 44.5 Å². The molecule has 0 N–H and O–H groups in total. The average Bonchev–Trinajstić information content (AvgIpc) is 3.56. The van der Waals surface area contributed by atoms with Crippen molar-refractivity contribution in [2.24, 2.45) is 0 Å². The van der Waals surface area contributed by atoms with Crippen molar-refractivity contribution in [1.82, 2.24) is 0 Å². The fraction of sp³-hybridized carbons (Fsp3) is 0.0769. The molecule has 0 radical (unpaired) electrons. The van der Waals surface area contributed by atoms with Crippen LogP contribution in [0.1, 0.15) is 37.8 Å². The smallest absolute Gasteiger partial charge is 0.179 e. The molecule has 0 amide bonds. The van der Waals surface area contributed by atoms with E-state index < -0.39 is 8.07 Å². The van der Waals surface area contributed by atoms with E-state index in [1.807, 2.05) is 0 Å². The van der Waals surface area contributed by atoms with Crippen molar-refractivity contribution in [2.75, 3.05) is 9.80 Å². The maximum atomic E-state index is 3.62. The van der Waals surface area contributed by atoms with Crippen LogP contribution in [0.3, 0.4) is 0 Å². The van der Waals surface area contributed by atoms with Crippen molar-refractivity contribution < 1.29 is 0 Å². The topological polar surface area (TPSA) is 6.48 Å². The normalized spacial score (nSPS) is 11.3. The van der Waals surface area contributed by atoms with Crippen LogP contribution in [0.15, 0.2) is 312 Å². The van der Waals surface area contributed by atoms with Gasteiger partial charge in [-0.1, -0.05) is 265 Å². The first kappa shape index (κ1) is 55.0. The van der Waals surface area contributed by atoms with Crippen molar-refractivity contribution in [3.05, 3.63) is 323 Å². The minimum atomic E-state index is -2.98. The molecule has 0 aliphatic heterocycles. The lowest BCUT2D eigenvalue weighted by molar-refractivity contribution is 0.922. The van der Waals surface area contributed by atoms with Crippen LogP contribution in [-0.2, 0) is 12.8 Å². The van der Waals surface area contributed by atoms with E-state index in [4.69, 9.17) is 0 Å². The van der Waals surface area contributed by atoms with Gasteiger partial charge in [-0.15, -0.1) is 0 Å². The van der Waals surface area contributed by atoms with Crippen LogP contribution in [0.5, 0.6) is 0 Å². The first-order chi connectivity index (χ1) is 40.8. The summed E-state index contributed by atoms with van der Waals surface area (Å²) in [6.07, 6.45) is 4.46. The third-order valence-electron chi connectivity index (χ3n) is 16.0. The number of nitrogens with zero attached hydrogens (tertiary/aromatic N) is 2. The van der Waals surface area contributed by atoms with Crippen LogP contribution >= 0.6 is 31.9 Å². The largest absolute Gasteiger partial charge is 0.311 e. The number of aryl methyl sites for hydroxylation is 2. The highest BCUT2D eigenvalue weighted by molar-refractivity contribution is 9.10. The standard InChI is InChI=1S/C78H64Br2N2Si/c1-3-11-57-17-21-59(22-18-57)63-29-41-69(42-30-63)81(71-45-33-65(34-46-71)61-25-37-67(79)38-26-61)73-49-53-77(54-50-73)83(75-13-7-5-8-14-75,76-15-9-6-10-16-76)78-55-51-74(52-56-78)82(72-47-35-66(36-48-72)62-27-39-68(80)40-28-62)70-43-31-64(32-44-70)60-23-19-58(12-4-2)20-24-60/h5-10,13-56H,3-4,11-12H2,1-2H3. The number of halogens is 2. The molecule has 2 nitrogen and oxygen atoms in total. The van der Waals surface area contributed by atoms with Gasteiger partial charge >= 0.3 is 0 Å². The Morgan fingerprint density at radius 1 is 0.241 bits per heavy atom. The van der Waals surface area contributed by atoms with Crippen LogP contribution in [0.4, 0.5) is 34.1 Å². The molecule has 12 rings (SSSR count). The van der Waals surface area contributed by atoms with E-state index in [9.17, 15) is 0 Å². The van der Waals surface area contributed by atoms with Crippen molar-refractivity contribution in [1.29, 1.82) is 0 Å². The molecule has 12 aromatic rings. The molecule has 5 heteroatoms. The predicted molar refractivity (Wildman–Crippen MR) is 365 cm³/mol. The fourth-order valence-electron chi connectivity index (χ4n) is 11.8. The van der Waals surface area contributed by atoms with Gasteiger partial charge in [-0.2, -0.15) is 0 Å². The minimum Gasteiger partial charge on any atom is -0.311 e. The maximum absolute atomic E-state index is 3.62. The van der Waals surface area contributed by atoms with Gasteiger partial charge in [-0.05, 0) is 186 Å². The Labute approximate surface area is 508 Å². The Morgan fingerprint density at radius 2 is 0.446 bits per heavy atom. The third-order valence-corrected chi connectivity index (χ3v) is 21.9. The van der Waals surface area contributed by atoms with Crippen LogP contribution < -0.4 is 30.5 Å². The summed E-state index contributed by atoms with van der Waals surface area (Å²) in [5.74, 6) is 0. The Balaban J connectivity index is 0.951. The van der Waals surface area contributed by atoms with Gasteiger partial charge in [0, 0.05) is 43.1 Å². The van der Waals surface area contributed by atoms with E-state index in [-0.39, 0.29) is 0 Å². The van der Waals surface area contributed by atoms with E-state index in [0.29, 0.717) is 0 Å². The summed E-state index contributed by atoms with van der Waals surface area (Å²) in [4.78, 5) is 4.78. The highest BCUT2D eigenvalue weighted by Gasteiger charge is 2.41. The number of rotatable bonds is 18. The van der Waals surface area contributed by atoms with Crippen LogP contribution in [-0.4, -0.2) is 8.07 Å². The molecule has 0 saturated heterocycles. The average molecular weight is 1220 g/mol. The van der Waals surface area contributed by atoms with Gasteiger partial charge in [0.2, 0.25) is 0 Å². The van der Waals surface area contributed by atoms with E-state index >= 15 is 0 Å². The third kappa shape index (κ3) is 11.9. The molecule has 0 fully saturated rings. The summed E-state index contributed by atoms with van der Waals surface area (Å²) in [7, 11) is -2.98. The summed E-state index contributed by atoms with van der Waals surface area (Å²) < 4.78 is 2.14. The van der Waals surface area contributed by atoms with Gasteiger partial charge in [0.05, 0.1) is 0 Å². The number of hydrogen-bond donors (Lipinski definition) is 0. The quantitative estimate of drug-likeness (QED) is 0.0624. The van der Waals surface area contributed by atoms with Gasteiger partial charge in [0.1, 0.15) is 0 Å². The molecular formula is C78H64Br2N2Si. The van der Waals surface area contributed by atoms with Gasteiger partial charge in [0.25, 0.3) is 0 Å². The lowest BCUT2D eigenvalue weighted by atomic mass is 10.0. The van der Waals surface area contributed by atoms with Crippen LogP contribution in [0, 0.1) is 0 Å². The van der Waals surface area contributed by atoms with Gasteiger partial charge in [-0.25, -0.2) is 0 Å². The Morgan fingerprint density at radius 3 is 0.687 bits per heavy atom. The lowest BCUT2D eigenvalue weighted by Crippen LogP contribution is -2.74. The molecule has 404 valence electrons. The summed E-state index contributed by atoms with van der Waals surface area (Å²) >= 11 is 7.25. The van der Waals surface area contributed by atoms with Crippen LogP contribution in [0.2, 0.25) is 0 Å². The Bertz CT molecular complexity index is 3750. The second-order valence-electron chi connectivity index (χ2n) is 21.3. The zero-order valence-corrected chi connectivity index (χ0v) is 51.0. The molecule has 0 unspecified atom stereocenters. The molecule has 12 aromatic carbocycles. The zero-order chi connectivity index (χ0) is 56.5. The van der Waals surface area contributed by atoms with Gasteiger partial charge in [0.15, 0.2) is 8.07 Å². The minimum absolute atomic E-state index is 1.07. The molecule has 0 spiro atoms. The van der Waals surface area contributed by atoms with Gasteiger partial charge in [-0.3, -0.25) is 0 Å². The molecule has 0 aromatic heterocycles. The summed E-state index contributed by atoms with van der Waals surface area (Å²) in [5.41, 5.74) is 18.8. The van der Waals surface area contributed by atoms with Crippen LogP contribution in [0.25, 0.3) is 44.5 Å². The highest BCUT2D eigenvalue weighted by Crippen LogP contribution is 2.39. The molecule has 0 atom stereocenters. The van der Waals surface area contributed by atoms with Crippen molar-refractivity contribution >= 4 is 94.8 Å². The second kappa shape index (κ2) is 25.3. The molecule has 83 heavy (non-hydrogen) atoms. The van der Waals surface area contributed by atoms with Crippen molar-refractivity contribution in [2.45, 2.75) is 39.5 Å². The van der Waals surface area contributed by atoms with E-state index in [2.05, 4.69) is 359 Å². The zero-order valence-electron chi connectivity index (χ0n) is 46.8. The molecule has 0 bridgehead atoms. The molecule has 0 heterocycles. The van der Waals surface area contributed by atoms with E-state index in [1.165, 1.54) is 76.4 Å². The monoisotopic (exact) mass is 1210 g/mol. The molecule has 0 aliphatic rings. The number of benzene rings is 12. The SMILES string of the molecule is CCCc1ccc(-c2ccc(N(c3ccc(-c4ccc(Br)cc4)cc3)c3ccc([Si](c4ccccc4)(c4ccccc4)c4ccc(N(c5ccc(-c6ccc(Br)cc6)cc5)c5ccc(-c6ccc(CCC)cc6)cc5)cc4)cc3)cc2)cc1. The summed E-state index contributed by atoms with van der Waals surface area (Å²) in [5, 5.41) is 5.25. The lowest BCUT2D eigenvalue weighted by Gasteiger charge is -2.35. The molecule has 0 saturated carbocycles. The first-order valence-corrected chi connectivity index (χ1v) is 32.5. The molecular weight excluding hydrogens is 1150 g/mol. The van der Waals surface area contributed by atoms with E-state index in [0.717, 1.165) is 68.8 Å². The molecule has 0 aliphatic carbocycles. The number of anilines is 6. The fourth-order valence-corrected chi connectivity index (χ4v) is 17.0. The summed E-state index contributed by atoms with van der Waals surface area (Å²) in [6, 6.07) is 113. The van der Waals surface area contributed by atoms with E-state index in [1.54, 1.807) is 0 Å². The second-order valence-corrected chi connectivity index (χ2v) is 27.0. The van der Waals surface area contributed by atoms with Gasteiger partial charge < -0.3 is 9.80 Å². The predicted octanol–water partition coefficient (Wildman–Crippen LogP) is 20.1. The first-order valence-electron chi connectivity index (χ1n) is 28.9. The Hall–Kier alpha value is -8.58. The maximum Gasteiger partial charge on any atom is 0.179 e. The summed E-state index contributed by atoms with van der Waals surface area (Å²) in [6.45, 7) is 4.47. The highest BCUT2D eigenvalue weighted by atomic mass is 79.9. The Kier molecular flexibility index (Phi) is 16.7. The number of hydrogen-bond acceptors (Lipinski definition) is 2. The van der Waals surface area contributed by atoms with Crippen molar-refractivity contribution in [3.63, 3.8) is 0 Å².